The van der Waals surface area contributed by atoms with Gasteiger partial charge in [-0.3, -0.25) is 19.2 Å². The molecule has 8 nitrogen and oxygen atoms in total. The molecule has 0 fully saturated rings. The molecule has 0 unspecified atom stereocenters. The number of phenols is 4. The van der Waals surface area contributed by atoms with Crippen molar-refractivity contribution in [2.75, 3.05) is 0 Å². The van der Waals surface area contributed by atoms with Crippen LogP contribution in [-0.2, 0) is 22.4 Å². The van der Waals surface area contributed by atoms with Crippen molar-refractivity contribution >= 4 is 23.1 Å². The first-order valence-corrected chi connectivity index (χ1v) is 10.4. The number of carbonyl (C=O) groups excluding carboxylic acids is 4. The highest BCUT2D eigenvalue weighted by Crippen LogP contribution is 2.46. The van der Waals surface area contributed by atoms with Gasteiger partial charge in [-0.15, -0.1) is 0 Å². The Morgan fingerprint density at radius 3 is 1.31 bits per heavy atom. The number of benzene rings is 2. The van der Waals surface area contributed by atoms with Crippen LogP contribution in [0.2, 0.25) is 0 Å². The third-order valence-corrected chi connectivity index (χ3v) is 5.76. The van der Waals surface area contributed by atoms with Gasteiger partial charge in [0.2, 0.25) is 11.6 Å². The van der Waals surface area contributed by atoms with E-state index in [9.17, 15) is 39.6 Å². The van der Waals surface area contributed by atoms with Gasteiger partial charge < -0.3 is 20.4 Å². The molecule has 1 aliphatic rings. The Hall–Kier alpha value is -3.68. The van der Waals surface area contributed by atoms with Crippen LogP contribution in [0.3, 0.4) is 0 Å². The highest BCUT2D eigenvalue weighted by Gasteiger charge is 2.40. The van der Waals surface area contributed by atoms with Gasteiger partial charge in [0.25, 0.3) is 0 Å². The molecule has 2 aromatic carbocycles. The van der Waals surface area contributed by atoms with Crippen molar-refractivity contribution < 1.29 is 39.6 Å². The van der Waals surface area contributed by atoms with Crippen LogP contribution in [0.15, 0.2) is 12.1 Å². The predicted molar refractivity (Wildman–Crippen MR) is 114 cm³/mol. The lowest BCUT2D eigenvalue weighted by Crippen LogP contribution is -2.23. The molecule has 0 bridgehead atoms. The van der Waals surface area contributed by atoms with Crippen molar-refractivity contribution in [3.8, 4) is 23.0 Å². The summed E-state index contributed by atoms with van der Waals surface area (Å²) in [5.74, 6) is -4.29. The number of aryl methyl sites for hydroxylation is 2. The molecule has 3 rings (SSSR count). The molecule has 0 aliphatic heterocycles. The Morgan fingerprint density at radius 2 is 1.00 bits per heavy atom. The maximum atomic E-state index is 13.2. The molecule has 0 spiro atoms. The third kappa shape index (κ3) is 3.84. The fourth-order valence-corrected chi connectivity index (χ4v) is 3.86. The van der Waals surface area contributed by atoms with E-state index in [1.165, 1.54) is 0 Å². The number of fused-ring (bicyclic) bond motifs is 2. The summed E-state index contributed by atoms with van der Waals surface area (Å²) in [4.78, 5) is 49.6. The second-order valence-electron chi connectivity index (χ2n) is 7.75. The molecule has 0 saturated heterocycles. The maximum absolute atomic E-state index is 13.2. The highest BCUT2D eigenvalue weighted by atomic mass is 16.3. The van der Waals surface area contributed by atoms with Crippen LogP contribution in [0.25, 0.3) is 0 Å². The third-order valence-electron chi connectivity index (χ3n) is 5.76. The smallest absolute Gasteiger partial charge is 0.202 e. The first-order chi connectivity index (χ1) is 15.1. The van der Waals surface area contributed by atoms with E-state index in [1.807, 2.05) is 0 Å². The Bertz CT molecular complexity index is 1070. The molecule has 0 amide bonds. The molecule has 0 atom stereocenters. The maximum Gasteiger partial charge on any atom is 0.202 e. The molecule has 2 aromatic rings. The van der Waals surface area contributed by atoms with Gasteiger partial charge in [0.15, 0.2) is 0 Å². The summed E-state index contributed by atoms with van der Waals surface area (Å²) in [5, 5.41) is 42.3. The van der Waals surface area contributed by atoms with Gasteiger partial charge in [0.05, 0.1) is 22.3 Å². The molecule has 8 heteroatoms. The minimum Gasteiger partial charge on any atom is -0.507 e. The van der Waals surface area contributed by atoms with Crippen LogP contribution < -0.4 is 0 Å². The summed E-state index contributed by atoms with van der Waals surface area (Å²) in [5.41, 5.74) is -1.70. The molecule has 4 N–H and O–H groups in total. The van der Waals surface area contributed by atoms with Crippen LogP contribution in [0.4, 0.5) is 0 Å². The molecule has 0 saturated carbocycles. The fraction of sp³-hybridized carbons (Fsp3) is 0.333. The quantitative estimate of drug-likeness (QED) is 0.390. The lowest BCUT2D eigenvalue weighted by molar-refractivity contribution is -0.119. The number of ketones is 4. The minimum absolute atomic E-state index is 0.0509. The van der Waals surface area contributed by atoms with E-state index in [0.717, 1.165) is 12.1 Å². The van der Waals surface area contributed by atoms with E-state index >= 15 is 0 Å². The van der Waals surface area contributed by atoms with Crippen molar-refractivity contribution in [2.45, 2.75) is 52.4 Å². The topological polar surface area (TPSA) is 149 Å². The van der Waals surface area contributed by atoms with Crippen LogP contribution in [0.1, 0.15) is 82.5 Å². The number of carbonyl (C=O) groups is 4. The normalized spacial score (nSPS) is 12.4. The number of hydrogen-bond acceptors (Lipinski definition) is 8. The Labute approximate surface area is 184 Å². The van der Waals surface area contributed by atoms with Crippen LogP contribution in [-0.4, -0.2) is 43.6 Å². The van der Waals surface area contributed by atoms with Crippen molar-refractivity contribution in [3.63, 3.8) is 0 Å². The second-order valence-corrected chi connectivity index (χ2v) is 7.75. The van der Waals surface area contributed by atoms with Gasteiger partial charge in [0.1, 0.15) is 34.6 Å². The van der Waals surface area contributed by atoms with E-state index in [0.29, 0.717) is 12.8 Å². The van der Waals surface area contributed by atoms with Crippen molar-refractivity contribution in [1.82, 2.24) is 0 Å². The van der Waals surface area contributed by atoms with Crippen molar-refractivity contribution in [3.05, 3.63) is 45.5 Å². The zero-order valence-corrected chi connectivity index (χ0v) is 17.8. The predicted octanol–water partition coefficient (Wildman–Crippen LogP) is 3.11. The Kier molecular flexibility index (Phi) is 6.34. The zero-order chi connectivity index (χ0) is 23.7. The highest BCUT2D eigenvalue weighted by molar-refractivity contribution is 6.32. The SMILES string of the molecule is CCC(=O)CCc1cc(O)c2c(c1O)C(=O)c1c(O)cc(CCC(=O)CC)c(O)c1C2=O. The largest absolute Gasteiger partial charge is 0.507 e. The van der Waals surface area contributed by atoms with E-state index in [1.54, 1.807) is 13.8 Å². The molecular formula is C24H24O8. The molecule has 0 heterocycles. The summed E-state index contributed by atoms with van der Waals surface area (Å²) in [6.45, 7) is 3.38. The van der Waals surface area contributed by atoms with Crippen LogP contribution in [0, 0.1) is 0 Å². The average Bonchev–Trinajstić information content (AvgIpc) is 2.77. The van der Waals surface area contributed by atoms with Gasteiger partial charge in [-0.05, 0) is 36.1 Å². The summed E-state index contributed by atoms with van der Waals surface area (Å²) in [6.07, 6.45) is 0.841. The van der Waals surface area contributed by atoms with E-state index < -0.39 is 56.8 Å². The number of hydrogen-bond donors (Lipinski definition) is 4. The average molecular weight is 440 g/mol. The summed E-state index contributed by atoms with van der Waals surface area (Å²) in [7, 11) is 0. The molecule has 0 radical (unpaired) electrons. The molecule has 168 valence electrons. The Morgan fingerprint density at radius 1 is 0.656 bits per heavy atom. The van der Waals surface area contributed by atoms with Gasteiger partial charge in [-0.1, -0.05) is 13.8 Å². The Balaban J connectivity index is 2.13. The number of phenolic OH excluding ortho intramolecular Hbond substituents is 4. The van der Waals surface area contributed by atoms with E-state index in [2.05, 4.69) is 0 Å². The number of Topliss-reactive ketones (excluding diaryl/α,β-unsaturated/α-hetero) is 2. The standard InChI is InChI=1S/C24H24O8/c1-3-13(25)7-5-11-9-15(27)17-19(21(11)29)23(31)18-16(28)10-12(6-8-14(26)4-2)22(30)20(18)24(17)32/h9-10,27-30H,3-8H2,1-2H3. The van der Waals surface area contributed by atoms with Crippen molar-refractivity contribution in [2.24, 2.45) is 0 Å². The second kappa shape index (κ2) is 8.82. The minimum atomic E-state index is -0.935. The molecular weight excluding hydrogens is 416 g/mol. The van der Waals surface area contributed by atoms with Gasteiger partial charge >= 0.3 is 0 Å². The molecule has 32 heavy (non-hydrogen) atoms. The first-order valence-electron chi connectivity index (χ1n) is 10.4. The summed E-state index contributed by atoms with van der Waals surface area (Å²) >= 11 is 0. The monoisotopic (exact) mass is 440 g/mol. The van der Waals surface area contributed by atoms with Gasteiger partial charge in [0, 0.05) is 25.7 Å². The van der Waals surface area contributed by atoms with Gasteiger partial charge in [-0.2, -0.15) is 0 Å². The number of aromatic hydroxyl groups is 4. The molecule has 0 aromatic heterocycles. The van der Waals surface area contributed by atoms with Crippen molar-refractivity contribution in [1.29, 1.82) is 0 Å². The molecule has 1 aliphatic carbocycles. The first kappa shape index (κ1) is 23.0. The fourth-order valence-electron chi connectivity index (χ4n) is 3.86. The van der Waals surface area contributed by atoms with Crippen LogP contribution in [0.5, 0.6) is 23.0 Å². The van der Waals surface area contributed by atoms with E-state index in [-0.39, 0.29) is 48.4 Å². The van der Waals surface area contributed by atoms with Gasteiger partial charge in [-0.25, -0.2) is 0 Å². The summed E-state index contributed by atoms with van der Waals surface area (Å²) < 4.78 is 0. The van der Waals surface area contributed by atoms with Crippen LogP contribution >= 0.6 is 0 Å². The lowest BCUT2D eigenvalue weighted by atomic mass is 9.79. The number of rotatable bonds is 8. The zero-order valence-electron chi connectivity index (χ0n) is 17.8. The van der Waals surface area contributed by atoms with E-state index in [4.69, 9.17) is 0 Å². The summed E-state index contributed by atoms with van der Waals surface area (Å²) in [6, 6.07) is 2.24. The lowest BCUT2D eigenvalue weighted by Gasteiger charge is -2.23.